The summed E-state index contributed by atoms with van der Waals surface area (Å²) in [7, 11) is 1.76. The molecule has 3 heterocycles. The molecule has 0 unspecified atom stereocenters. The standard InChI is InChI=1S/C14H17BrN6O2S/c1-20-14(17-18-19-20)24-9-12(22)21-7-4-10(5-8-21)23-13-11(15)3-2-6-16-13/h2-3,6,10H,4-5,7-9H2,1H3. The smallest absolute Gasteiger partial charge is 0.233 e. The lowest BCUT2D eigenvalue weighted by Gasteiger charge is -2.32. The Bertz CT molecular complexity index is 704. The zero-order valence-electron chi connectivity index (χ0n) is 13.1. The van der Waals surface area contributed by atoms with Crippen LogP contribution in [0.1, 0.15) is 12.8 Å². The number of nitrogens with zero attached hydrogens (tertiary/aromatic N) is 6. The van der Waals surface area contributed by atoms with Crippen molar-refractivity contribution in [1.29, 1.82) is 0 Å². The first-order chi connectivity index (χ1) is 11.6. The zero-order valence-corrected chi connectivity index (χ0v) is 15.5. The Morgan fingerprint density at radius 3 is 2.92 bits per heavy atom. The van der Waals surface area contributed by atoms with Crippen LogP contribution in [0.15, 0.2) is 28.0 Å². The molecule has 1 aliphatic heterocycles. The van der Waals surface area contributed by atoms with Gasteiger partial charge in [-0.05, 0) is 38.5 Å². The number of rotatable bonds is 5. The van der Waals surface area contributed by atoms with Crippen molar-refractivity contribution in [2.45, 2.75) is 24.1 Å². The Hall–Kier alpha value is -1.68. The highest BCUT2D eigenvalue weighted by molar-refractivity contribution is 9.10. The van der Waals surface area contributed by atoms with Crippen LogP contribution in [0.2, 0.25) is 0 Å². The highest BCUT2D eigenvalue weighted by atomic mass is 79.9. The number of carbonyl (C=O) groups is 1. The lowest BCUT2D eigenvalue weighted by Crippen LogP contribution is -2.42. The molecule has 2 aromatic heterocycles. The number of pyridine rings is 1. The van der Waals surface area contributed by atoms with Crippen molar-refractivity contribution in [3.8, 4) is 5.88 Å². The molecular weight excluding hydrogens is 396 g/mol. The van der Waals surface area contributed by atoms with Crippen LogP contribution in [0, 0.1) is 0 Å². The van der Waals surface area contributed by atoms with Crippen molar-refractivity contribution in [3.63, 3.8) is 0 Å². The summed E-state index contributed by atoms with van der Waals surface area (Å²) in [6.07, 6.45) is 3.38. The zero-order chi connectivity index (χ0) is 16.9. The Morgan fingerprint density at radius 1 is 1.46 bits per heavy atom. The maximum absolute atomic E-state index is 12.3. The first-order valence-electron chi connectivity index (χ1n) is 7.53. The third kappa shape index (κ3) is 4.23. The van der Waals surface area contributed by atoms with Crippen molar-refractivity contribution in [2.75, 3.05) is 18.8 Å². The predicted octanol–water partition coefficient (Wildman–Crippen LogP) is 1.53. The monoisotopic (exact) mass is 412 g/mol. The molecule has 10 heteroatoms. The fourth-order valence-corrected chi connectivity index (χ4v) is 3.50. The minimum absolute atomic E-state index is 0.0795. The van der Waals surface area contributed by atoms with Crippen LogP contribution < -0.4 is 4.74 Å². The molecule has 0 aromatic carbocycles. The van der Waals surface area contributed by atoms with E-state index >= 15 is 0 Å². The SMILES string of the molecule is Cn1nnnc1SCC(=O)N1CCC(Oc2ncccc2Br)CC1. The normalized spacial score (nSPS) is 15.5. The molecule has 1 aliphatic rings. The Labute approximate surface area is 152 Å². The van der Waals surface area contributed by atoms with Crippen LogP contribution in [0.25, 0.3) is 0 Å². The van der Waals surface area contributed by atoms with E-state index in [1.807, 2.05) is 17.0 Å². The van der Waals surface area contributed by atoms with E-state index in [1.54, 1.807) is 17.9 Å². The molecule has 24 heavy (non-hydrogen) atoms. The number of halogens is 1. The van der Waals surface area contributed by atoms with E-state index in [1.165, 1.54) is 11.8 Å². The van der Waals surface area contributed by atoms with Gasteiger partial charge in [-0.2, -0.15) is 0 Å². The third-order valence-corrected chi connectivity index (χ3v) is 5.30. The van der Waals surface area contributed by atoms with E-state index in [0.717, 1.165) is 17.3 Å². The number of aromatic nitrogens is 5. The van der Waals surface area contributed by atoms with E-state index in [9.17, 15) is 4.79 Å². The number of likely N-dealkylation sites (tertiary alicyclic amines) is 1. The van der Waals surface area contributed by atoms with E-state index in [2.05, 4.69) is 36.4 Å². The molecule has 0 atom stereocenters. The Morgan fingerprint density at radius 2 is 2.25 bits per heavy atom. The minimum Gasteiger partial charge on any atom is -0.473 e. The molecule has 1 fully saturated rings. The van der Waals surface area contributed by atoms with E-state index in [4.69, 9.17) is 4.74 Å². The summed E-state index contributed by atoms with van der Waals surface area (Å²) >= 11 is 4.78. The molecule has 2 aromatic rings. The van der Waals surface area contributed by atoms with Gasteiger partial charge in [0.2, 0.25) is 16.9 Å². The number of aryl methyl sites for hydroxylation is 1. The summed E-state index contributed by atoms with van der Waals surface area (Å²) in [4.78, 5) is 18.4. The van der Waals surface area contributed by atoms with Crippen LogP contribution >= 0.6 is 27.7 Å². The number of carbonyl (C=O) groups excluding carboxylic acids is 1. The van der Waals surface area contributed by atoms with Gasteiger partial charge < -0.3 is 9.64 Å². The van der Waals surface area contributed by atoms with Crippen molar-refractivity contribution in [3.05, 3.63) is 22.8 Å². The molecule has 1 amide bonds. The second-order valence-corrected chi connectivity index (χ2v) is 7.16. The quantitative estimate of drug-likeness (QED) is 0.688. The van der Waals surface area contributed by atoms with Gasteiger partial charge in [-0.25, -0.2) is 9.67 Å². The van der Waals surface area contributed by atoms with Gasteiger partial charge in [-0.3, -0.25) is 4.79 Å². The maximum atomic E-state index is 12.3. The second kappa shape index (κ2) is 7.93. The fourth-order valence-electron chi connectivity index (χ4n) is 2.40. The first-order valence-corrected chi connectivity index (χ1v) is 9.31. The van der Waals surface area contributed by atoms with Gasteiger partial charge in [0.25, 0.3) is 0 Å². The molecular formula is C14H17BrN6O2S. The number of amides is 1. The number of tetrazole rings is 1. The molecule has 0 N–H and O–H groups in total. The maximum Gasteiger partial charge on any atom is 0.233 e. The summed E-state index contributed by atoms with van der Waals surface area (Å²) in [5.41, 5.74) is 0. The van der Waals surface area contributed by atoms with Gasteiger partial charge in [0, 0.05) is 39.2 Å². The molecule has 0 saturated carbocycles. The second-order valence-electron chi connectivity index (χ2n) is 5.36. The average Bonchev–Trinajstić information content (AvgIpc) is 3.00. The molecule has 0 spiro atoms. The molecule has 0 bridgehead atoms. The van der Waals surface area contributed by atoms with Crippen LogP contribution in [0.4, 0.5) is 0 Å². The summed E-state index contributed by atoms with van der Waals surface area (Å²) < 4.78 is 8.32. The Balaban J connectivity index is 1.45. The number of piperidine rings is 1. The van der Waals surface area contributed by atoms with Gasteiger partial charge in [0.1, 0.15) is 6.10 Å². The Kier molecular flexibility index (Phi) is 5.67. The van der Waals surface area contributed by atoms with Gasteiger partial charge in [0.15, 0.2) is 0 Å². The predicted molar refractivity (Wildman–Crippen MR) is 91.7 cm³/mol. The van der Waals surface area contributed by atoms with Crippen molar-refractivity contribution >= 4 is 33.6 Å². The van der Waals surface area contributed by atoms with Crippen LogP contribution in [0.5, 0.6) is 5.88 Å². The van der Waals surface area contributed by atoms with Crippen LogP contribution in [0.3, 0.4) is 0 Å². The summed E-state index contributed by atoms with van der Waals surface area (Å²) in [5, 5.41) is 11.8. The van der Waals surface area contributed by atoms with Crippen LogP contribution in [-0.4, -0.2) is 60.9 Å². The minimum atomic E-state index is 0.0795. The number of thioether (sulfide) groups is 1. The lowest BCUT2D eigenvalue weighted by molar-refractivity contribution is -0.130. The molecule has 3 rings (SSSR count). The highest BCUT2D eigenvalue weighted by Crippen LogP contribution is 2.25. The first kappa shape index (κ1) is 17.2. The van der Waals surface area contributed by atoms with Crippen LogP contribution in [-0.2, 0) is 11.8 Å². The summed E-state index contributed by atoms with van der Waals surface area (Å²) in [5.74, 6) is 1.04. The van der Waals surface area contributed by atoms with Gasteiger partial charge in [-0.15, -0.1) is 5.10 Å². The summed E-state index contributed by atoms with van der Waals surface area (Å²) in [6, 6.07) is 3.75. The van der Waals surface area contributed by atoms with Gasteiger partial charge >= 0.3 is 0 Å². The summed E-state index contributed by atoms with van der Waals surface area (Å²) in [6.45, 7) is 1.37. The molecule has 1 saturated heterocycles. The molecule has 128 valence electrons. The lowest BCUT2D eigenvalue weighted by atomic mass is 10.1. The van der Waals surface area contributed by atoms with Gasteiger partial charge in [-0.1, -0.05) is 11.8 Å². The highest BCUT2D eigenvalue weighted by Gasteiger charge is 2.25. The van der Waals surface area contributed by atoms with Crippen molar-refractivity contribution in [2.24, 2.45) is 7.05 Å². The average molecular weight is 413 g/mol. The number of hydrogen-bond acceptors (Lipinski definition) is 7. The fraction of sp³-hybridized carbons (Fsp3) is 0.500. The van der Waals surface area contributed by atoms with Gasteiger partial charge in [0.05, 0.1) is 10.2 Å². The van der Waals surface area contributed by atoms with E-state index in [0.29, 0.717) is 29.9 Å². The third-order valence-electron chi connectivity index (χ3n) is 3.70. The molecule has 0 aliphatic carbocycles. The van der Waals surface area contributed by atoms with E-state index < -0.39 is 0 Å². The van der Waals surface area contributed by atoms with E-state index in [-0.39, 0.29) is 12.0 Å². The van der Waals surface area contributed by atoms with Crippen molar-refractivity contribution < 1.29 is 9.53 Å². The molecule has 0 radical (unpaired) electrons. The number of ether oxygens (including phenoxy) is 1. The van der Waals surface area contributed by atoms with Crippen molar-refractivity contribution in [1.82, 2.24) is 30.1 Å². The topological polar surface area (TPSA) is 86.0 Å². The molecule has 8 nitrogen and oxygen atoms in total. The largest absolute Gasteiger partial charge is 0.473 e. The number of hydrogen-bond donors (Lipinski definition) is 0.